The van der Waals surface area contributed by atoms with E-state index < -0.39 is 0 Å². The van der Waals surface area contributed by atoms with E-state index in [0.29, 0.717) is 12.2 Å². The Kier molecular flexibility index (Phi) is 3.30. The van der Waals surface area contributed by atoms with Crippen molar-refractivity contribution < 1.29 is 5.11 Å². The molecule has 13 heavy (non-hydrogen) atoms. The van der Waals surface area contributed by atoms with Crippen molar-refractivity contribution in [1.29, 1.82) is 0 Å². The molecule has 0 aliphatic heterocycles. The summed E-state index contributed by atoms with van der Waals surface area (Å²) in [5.41, 5.74) is 0.686. The smallest absolute Gasteiger partial charge is 0.152 e. The molecule has 1 rings (SSSR count). The van der Waals surface area contributed by atoms with Crippen LogP contribution in [-0.4, -0.2) is 11.7 Å². The zero-order valence-electron chi connectivity index (χ0n) is 6.64. The quantitative estimate of drug-likeness (QED) is 0.588. The third-order valence-corrected chi connectivity index (χ3v) is 1.99. The molecule has 0 bridgehead atoms. The molecule has 0 unspecified atom stereocenters. The van der Waals surface area contributed by atoms with Crippen molar-refractivity contribution in [3.63, 3.8) is 0 Å². The van der Waals surface area contributed by atoms with Crippen molar-refractivity contribution >= 4 is 28.9 Å². The van der Waals surface area contributed by atoms with Gasteiger partial charge in [0.15, 0.2) is 5.75 Å². The Morgan fingerprint density at radius 1 is 1.38 bits per heavy atom. The van der Waals surface area contributed by atoms with Crippen LogP contribution in [0.2, 0.25) is 10.0 Å². The van der Waals surface area contributed by atoms with Gasteiger partial charge in [0.2, 0.25) is 0 Å². The Bertz CT molecular complexity index is 334. The molecule has 0 fully saturated rings. The van der Waals surface area contributed by atoms with Gasteiger partial charge in [-0.3, -0.25) is 0 Å². The third kappa shape index (κ3) is 2.45. The van der Waals surface area contributed by atoms with E-state index >= 15 is 0 Å². The van der Waals surface area contributed by atoms with Crippen LogP contribution in [0.25, 0.3) is 0 Å². The summed E-state index contributed by atoms with van der Waals surface area (Å²) < 4.78 is 0. The summed E-state index contributed by atoms with van der Waals surface area (Å²) in [6.07, 6.45) is 5.05. The van der Waals surface area contributed by atoms with Crippen molar-refractivity contribution in [2.24, 2.45) is 0 Å². The van der Waals surface area contributed by atoms with Crippen LogP contribution in [-0.2, 0) is 0 Å². The first-order chi connectivity index (χ1) is 6.15. The summed E-state index contributed by atoms with van der Waals surface area (Å²) in [5.74, 6) is 2.29. The molecule has 0 aliphatic carbocycles. The molecule has 0 radical (unpaired) electrons. The first-order valence-corrected chi connectivity index (χ1v) is 4.26. The summed E-state index contributed by atoms with van der Waals surface area (Å²) in [6, 6.07) is 3.11. The van der Waals surface area contributed by atoms with E-state index in [9.17, 15) is 5.11 Å². The van der Waals surface area contributed by atoms with E-state index in [1.165, 1.54) is 0 Å². The Morgan fingerprint density at radius 3 is 2.38 bits per heavy atom. The monoisotopic (exact) mass is 215 g/mol. The summed E-state index contributed by atoms with van der Waals surface area (Å²) in [5, 5.41) is 12.5. The highest BCUT2D eigenvalue weighted by Crippen LogP contribution is 2.34. The molecule has 0 saturated heterocycles. The minimum absolute atomic E-state index is 0.116. The highest BCUT2D eigenvalue weighted by Gasteiger charge is 2.05. The van der Waals surface area contributed by atoms with Gasteiger partial charge in [-0.2, -0.15) is 0 Å². The van der Waals surface area contributed by atoms with Gasteiger partial charge in [-0.25, -0.2) is 0 Å². The number of hydrogen-bond donors (Lipinski definition) is 2. The lowest BCUT2D eigenvalue weighted by atomic mass is 10.3. The Balaban J connectivity index is 2.94. The highest BCUT2D eigenvalue weighted by atomic mass is 35.5. The zero-order chi connectivity index (χ0) is 9.84. The molecule has 1 aromatic carbocycles. The summed E-state index contributed by atoms with van der Waals surface area (Å²) in [4.78, 5) is 0. The van der Waals surface area contributed by atoms with E-state index in [1.54, 1.807) is 12.1 Å². The number of benzene rings is 1. The highest BCUT2D eigenvalue weighted by molar-refractivity contribution is 6.37. The number of terminal acetylenes is 1. The van der Waals surface area contributed by atoms with Crippen molar-refractivity contribution in [2.75, 3.05) is 11.9 Å². The predicted molar refractivity (Wildman–Crippen MR) is 55.4 cm³/mol. The van der Waals surface area contributed by atoms with Crippen molar-refractivity contribution in [3.05, 3.63) is 22.2 Å². The Hall–Kier alpha value is -1.04. The molecule has 4 heteroatoms. The maximum absolute atomic E-state index is 9.22. The minimum Gasteiger partial charge on any atom is -0.505 e. The molecule has 0 aliphatic rings. The number of aromatic hydroxyl groups is 1. The van der Waals surface area contributed by atoms with Crippen LogP contribution in [0.1, 0.15) is 0 Å². The fraction of sp³-hybridized carbons (Fsp3) is 0.111. The van der Waals surface area contributed by atoms with E-state index in [2.05, 4.69) is 11.2 Å². The molecule has 0 aromatic heterocycles. The zero-order valence-corrected chi connectivity index (χ0v) is 8.15. The number of rotatable bonds is 2. The Labute approximate surface area is 86.5 Å². The van der Waals surface area contributed by atoms with Crippen LogP contribution < -0.4 is 5.32 Å². The topological polar surface area (TPSA) is 32.3 Å². The van der Waals surface area contributed by atoms with Gasteiger partial charge in [0, 0.05) is 5.69 Å². The predicted octanol–water partition coefficient (Wildman–Crippen LogP) is 2.74. The molecule has 0 heterocycles. The maximum atomic E-state index is 9.22. The third-order valence-electron chi connectivity index (χ3n) is 1.41. The van der Waals surface area contributed by atoms with Gasteiger partial charge in [0.05, 0.1) is 16.6 Å². The molecule has 0 spiro atoms. The Morgan fingerprint density at radius 2 is 1.92 bits per heavy atom. The van der Waals surface area contributed by atoms with Crippen LogP contribution in [0.4, 0.5) is 5.69 Å². The van der Waals surface area contributed by atoms with Crippen molar-refractivity contribution in [2.45, 2.75) is 0 Å². The second-order valence-corrected chi connectivity index (χ2v) is 3.16. The number of anilines is 1. The first kappa shape index (κ1) is 10.0. The van der Waals surface area contributed by atoms with E-state index in [0.717, 1.165) is 0 Å². The minimum atomic E-state index is -0.116. The van der Waals surface area contributed by atoms with E-state index in [4.69, 9.17) is 29.6 Å². The molecule has 2 N–H and O–H groups in total. The SMILES string of the molecule is C#CCNc1cc(Cl)c(O)c(Cl)c1. The van der Waals surface area contributed by atoms with Gasteiger partial charge in [-0.1, -0.05) is 29.1 Å². The first-order valence-electron chi connectivity index (χ1n) is 3.50. The van der Waals surface area contributed by atoms with Gasteiger partial charge < -0.3 is 10.4 Å². The van der Waals surface area contributed by atoms with Crippen molar-refractivity contribution in [3.8, 4) is 18.1 Å². The van der Waals surface area contributed by atoms with Crippen molar-refractivity contribution in [1.82, 2.24) is 0 Å². The van der Waals surface area contributed by atoms with Crippen LogP contribution in [0.3, 0.4) is 0 Å². The number of phenols is 1. The summed E-state index contributed by atoms with van der Waals surface area (Å²) >= 11 is 11.3. The average Bonchev–Trinajstić information content (AvgIpc) is 2.10. The molecule has 1 aromatic rings. The fourth-order valence-electron chi connectivity index (χ4n) is 0.821. The standard InChI is InChI=1S/C9H7Cl2NO/c1-2-3-12-6-4-7(10)9(13)8(11)5-6/h1,4-5,12-13H,3H2. The largest absolute Gasteiger partial charge is 0.505 e. The lowest BCUT2D eigenvalue weighted by Crippen LogP contribution is -1.97. The van der Waals surface area contributed by atoms with Gasteiger partial charge >= 0.3 is 0 Å². The molecular weight excluding hydrogens is 209 g/mol. The maximum Gasteiger partial charge on any atom is 0.152 e. The van der Waals surface area contributed by atoms with Crippen LogP contribution in [0.15, 0.2) is 12.1 Å². The van der Waals surface area contributed by atoms with Gasteiger partial charge in [-0.15, -0.1) is 6.42 Å². The second kappa shape index (κ2) is 4.27. The fourth-order valence-corrected chi connectivity index (χ4v) is 1.31. The number of halogens is 2. The van der Waals surface area contributed by atoms with E-state index in [1.807, 2.05) is 0 Å². The van der Waals surface area contributed by atoms with Gasteiger partial charge in [0.1, 0.15) is 0 Å². The summed E-state index contributed by atoms with van der Waals surface area (Å²) in [7, 11) is 0. The number of hydrogen-bond acceptors (Lipinski definition) is 2. The lowest BCUT2D eigenvalue weighted by molar-refractivity contribution is 0.476. The number of nitrogens with one attached hydrogen (secondary N) is 1. The second-order valence-electron chi connectivity index (χ2n) is 2.35. The van der Waals surface area contributed by atoms with E-state index in [-0.39, 0.29) is 15.8 Å². The normalized spacial score (nSPS) is 9.31. The van der Waals surface area contributed by atoms with Gasteiger partial charge in [0.25, 0.3) is 0 Å². The van der Waals surface area contributed by atoms with Crippen LogP contribution in [0, 0.1) is 12.3 Å². The molecule has 68 valence electrons. The van der Waals surface area contributed by atoms with Crippen LogP contribution >= 0.6 is 23.2 Å². The van der Waals surface area contributed by atoms with Gasteiger partial charge in [-0.05, 0) is 12.1 Å². The molecule has 2 nitrogen and oxygen atoms in total. The molecule has 0 saturated carbocycles. The lowest BCUT2D eigenvalue weighted by Gasteiger charge is -2.05. The molecular formula is C9H7Cl2NO. The molecule has 0 atom stereocenters. The number of phenolic OH excluding ortho intramolecular Hbond substituents is 1. The molecule has 0 amide bonds. The summed E-state index contributed by atoms with van der Waals surface area (Å²) in [6.45, 7) is 0.386. The van der Waals surface area contributed by atoms with Crippen LogP contribution in [0.5, 0.6) is 5.75 Å². The average molecular weight is 216 g/mol.